The van der Waals surface area contributed by atoms with E-state index < -0.39 is 0 Å². The van der Waals surface area contributed by atoms with Gasteiger partial charge in [-0.1, -0.05) is 32.9 Å². The second-order valence-corrected chi connectivity index (χ2v) is 8.02. The summed E-state index contributed by atoms with van der Waals surface area (Å²) in [4.78, 5) is 19.2. The first-order valence-electron chi connectivity index (χ1n) is 8.80. The lowest BCUT2D eigenvalue weighted by Gasteiger charge is -2.17. The molecule has 0 unspecified atom stereocenters. The molecule has 1 amide bonds. The maximum atomic E-state index is 12.8. The normalized spacial score (nSPS) is 12.5. The van der Waals surface area contributed by atoms with Crippen molar-refractivity contribution in [2.45, 2.75) is 46.6 Å². The van der Waals surface area contributed by atoms with Gasteiger partial charge in [0.15, 0.2) is 4.80 Å². The zero-order valence-electron chi connectivity index (χ0n) is 16.5. The average molecular weight is 377 g/mol. The lowest BCUT2D eigenvalue weighted by molar-refractivity contribution is 0.0993. The van der Waals surface area contributed by atoms with Gasteiger partial charge in [0.25, 0.3) is 5.91 Å². The lowest BCUT2D eigenvalue weighted by atomic mass is 9.93. The first-order valence-corrected chi connectivity index (χ1v) is 9.61. The van der Waals surface area contributed by atoms with Gasteiger partial charge >= 0.3 is 0 Å². The van der Waals surface area contributed by atoms with Crippen LogP contribution in [0.2, 0.25) is 0 Å². The van der Waals surface area contributed by atoms with Crippen LogP contribution in [0.25, 0.3) is 0 Å². The third kappa shape index (κ3) is 4.62. The molecule has 0 aliphatic carbocycles. The number of ether oxygens (including phenoxy) is 2. The average Bonchev–Trinajstić information content (AvgIpc) is 2.89. The van der Waals surface area contributed by atoms with Crippen molar-refractivity contribution in [3.05, 3.63) is 45.2 Å². The molecule has 2 aromatic rings. The number of carbonyl (C=O) groups excluding carboxylic acids is 1. The monoisotopic (exact) mass is 376 g/mol. The van der Waals surface area contributed by atoms with Crippen LogP contribution in [0.15, 0.2) is 29.3 Å². The predicted octanol–water partition coefficient (Wildman–Crippen LogP) is 3.94. The first-order chi connectivity index (χ1) is 12.3. The van der Waals surface area contributed by atoms with Crippen LogP contribution >= 0.6 is 11.3 Å². The maximum absolute atomic E-state index is 12.8. The first kappa shape index (κ1) is 20.4. The number of aromatic nitrogens is 1. The van der Waals surface area contributed by atoms with Crippen LogP contribution in [-0.4, -0.2) is 30.8 Å². The number of hydrogen-bond donors (Lipinski definition) is 0. The Morgan fingerprint density at radius 2 is 1.96 bits per heavy atom. The van der Waals surface area contributed by atoms with E-state index in [1.807, 2.05) is 19.1 Å². The number of carbonyl (C=O) groups is 1. The molecule has 142 valence electrons. The molecule has 1 aromatic carbocycles. The molecule has 0 bridgehead atoms. The summed E-state index contributed by atoms with van der Waals surface area (Å²) in [5, 5.41) is 0. The van der Waals surface area contributed by atoms with Crippen molar-refractivity contribution in [3.8, 4) is 5.75 Å². The molecule has 0 aliphatic rings. The molecule has 0 radical (unpaired) electrons. The molecule has 0 atom stereocenters. The minimum Gasteiger partial charge on any atom is -0.493 e. The van der Waals surface area contributed by atoms with E-state index in [0.29, 0.717) is 35.9 Å². The van der Waals surface area contributed by atoms with E-state index in [1.165, 1.54) is 4.88 Å². The van der Waals surface area contributed by atoms with E-state index in [2.05, 4.69) is 37.3 Å². The quantitative estimate of drug-likeness (QED) is 0.767. The number of rotatable bonds is 6. The van der Waals surface area contributed by atoms with Gasteiger partial charge in [-0.25, -0.2) is 0 Å². The Morgan fingerprint density at radius 3 is 2.58 bits per heavy atom. The highest BCUT2D eigenvalue weighted by atomic mass is 32.1. The fraction of sp³-hybridized carbons (Fsp3) is 0.500. The topological polar surface area (TPSA) is 52.8 Å². The standard InChI is InChI=1S/C20H28N2O3S/c1-7-25-16-11-9-8-10-15(16)18(23)21-19-22(12-13-24-6)14(2)17(26-19)20(3,4)5/h8-11H,7,12-13H2,1-6H3. The van der Waals surface area contributed by atoms with Crippen molar-refractivity contribution in [2.75, 3.05) is 20.3 Å². The molecule has 1 heterocycles. The summed E-state index contributed by atoms with van der Waals surface area (Å²) < 4.78 is 12.9. The molecule has 0 saturated heterocycles. The predicted molar refractivity (Wildman–Crippen MR) is 105 cm³/mol. The number of nitrogens with zero attached hydrogens (tertiary/aromatic N) is 2. The molecule has 26 heavy (non-hydrogen) atoms. The molecule has 0 spiro atoms. The summed E-state index contributed by atoms with van der Waals surface area (Å²) in [7, 11) is 1.67. The van der Waals surface area contributed by atoms with Crippen molar-refractivity contribution in [2.24, 2.45) is 4.99 Å². The third-order valence-electron chi connectivity index (χ3n) is 3.97. The van der Waals surface area contributed by atoms with Crippen LogP contribution in [0.1, 0.15) is 48.6 Å². The van der Waals surface area contributed by atoms with Gasteiger partial charge in [0.2, 0.25) is 0 Å². The highest BCUT2D eigenvalue weighted by Gasteiger charge is 2.22. The molecule has 0 aliphatic heterocycles. The van der Waals surface area contributed by atoms with Gasteiger partial charge in [0.1, 0.15) is 5.75 Å². The van der Waals surface area contributed by atoms with Gasteiger partial charge < -0.3 is 14.0 Å². The summed E-state index contributed by atoms with van der Waals surface area (Å²) in [6.45, 7) is 12.2. The Labute approximate surface area is 159 Å². The maximum Gasteiger partial charge on any atom is 0.283 e. The molecule has 5 nitrogen and oxygen atoms in total. The van der Waals surface area contributed by atoms with Crippen LogP contribution in [-0.2, 0) is 16.7 Å². The summed E-state index contributed by atoms with van der Waals surface area (Å²) in [6, 6.07) is 7.23. The minimum atomic E-state index is -0.290. The number of para-hydroxylation sites is 1. The molecular formula is C20H28N2O3S. The minimum absolute atomic E-state index is 0.0103. The molecular weight excluding hydrogens is 348 g/mol. The van der Waals surface area contributed by atoms with Crippen LogP contribution in [0.4, 0.5) is 0 Å². The van der Waals surface area contributed by atoms with Gasteiger partial charge in [-0.15, -0.1) is 11.3 Å². The highest BCUT2D eigenvalue weighted by molar-refractivity contribution is 7.09. The second-order valence-electron chi connectivity index (χ2n) is 7.04. The summed E-state index contributed by atoms with van der Waals surface area (Å²) in [5.41, 5.74) is 1.60. The number of methoxy groups -OCH3 is 1. The Balaban J connectivity index is 2.54. The molecule has 0 N–H and O–H groups in total. The Morgan fingerprint density at radius 1 is 1.27 bits per heavy atom. The van der Waals surface area contributed by atoms with Crippen molar-refractivity contribution in [3.63, 3.8) is 0 Å². The molecule has 0 fully saturated rings. The zero-order chi connectivity index (χ0) is 19.3. The summed E-state index contributed by atoms with van der Waals surface area (Å²) in [6.07, 6.45) is 0. The fourth-order valence-electron chi connectivity index (χ4n) is 2.78. The van der Waals surface area contributed by atoms with Crippen LogP contribution < -0.4 is 9.54 Å². The van der Waals surface area contributed by atoms with E-state index in [0.717, 1.165) is 5.69 Å². The van der Waals surface area contributed by atoms with Gasteiger partial charge in [-0.05, 0) is 31.4 Å². The number of benzene rings is 1. The Hall–Kier alpha value is -1.92. The lowest BCUT2D eigenvalue weighted by Crippen LogP contribution is -2.21. The molecule has 2 rings (SSSR count). The van der Waals surface area contributed by atoms with Crippen molar-refractivity contribution < 1.29 is 14.3 Å². The summed E-state index contributed by atoms with van der Waals surface area (Å²) in [5.74, 6) is 0.276. The van der Waals surface area contributed by atoms with E-state index >= 15 is 0 Å². The Kier molecular flexibility index (Phi) is 6.78. The van der Waals surface area contributed by atoms with E-state index in [9.17, 15) is 4.79 Å². The summed E-state index contributed by atoms with van der Waals surface area (Å²) >= 11 is 1.56. The van der Waals surface area contributed by atoms with Gasteiger partial charge in [0, 0.05) is 24.2 Å². The SMILES string of the molecule is CCOc1ccccc1C(=O)N=c1sc(C(C)(C)C)c(C)n1CCOC. The van der Waals surface area contributed by atoms with E-state index in [1.54, 1.807) is 30.6 Å². The Bertz CT molecular complexity index is 828. The van der Waals surface area contributed by atoms with Crippen LogP contribution in [0.3, 0.4) is 0 Å². The number of thiazole rings is 1. The van der Waals surface area contributed by atoms with Crippen LogP contribution in [0.5, 0.6) is 5.75 Å². The molecule has 1 aromatic heterocycles. The van der Waals surface area contributed by atoms with Gasteiger partial charge in [-0.3, -0.25) is 4.79 Å². The third-order valence-corrected chi connectivity index (χ3v) is 5.58. The number of amides is 1. The van der Waals surface area contributed by atoms with Crippen LogP contribution in [0, 0.1) is 6.92 Å². The molecule has 6 heteroatoms. The zero-order valence-corrected chi connectivity index (χ0v) is 17.3. The van der Waals surface area contributed by atoms with E-state index in [4.69, 9.17) is 9.47 Å². The van der Waals surface area contributed by atoms with Crippen molar-refractivity contribution in [1.82, 2.24) is 4.57 Å². The van der Waals surface area contributed by atoms with E-state index in [-0.39, 0.29) is 11.3 Å². The number of hydrogen-bond acceptors (Lipinski definition) is 4. The fourth-order valence-corrected chi connectivity index (χ4v) is 4.00. The van der Waals surface area contributed by atoms with Gasteiger partial charge in [-0.2, -0.15) is 4.99 Å². The van der Waals surface area contributed by atoms with Crippen molar-refractivity contribution >= 4 is 17.2 Å². The highest BCUT2D eigenvalue weighted by Crippen LogP contribution is 2.28. The van der Waals surface area contributed by atoms with Gasteiger partial charge in [0.05, 0.1) is 18.8 Å². The smallest absolute Gasteiger partial charge is 0.283 e. The van der Waals surface area contributed by atoms with Crippen molar-refractivity contribution in [1.29, 1.82) is 0 Å². The second kappa shape index (κ2) is 8.64. The molecule has 0 saturated carbocycles. The largest absolute Gasteiger partial charge is 0.493 e.